The maximum atomic E-state index is 12.2. The lowest BCUT2D eigenvalue weighted by Crippen LogP contribution is -2.02. The second-order valence-electron chi connectivity index (χ2n) is 5.44. The number of aryl methyl sites for hydroxylation is 1. The van der Waals surface area contributed by atoms with Crippen LogP contribution in [0, 0.1) is 0 Å². The van der Waals surface area contributed by atoms with Crippen LogP contribution in [-0.2, 0) is 13.0 Å². The molecule has 0 aliphatic rings. The molecule has 7 heteroatoms. The number of thioether (sulfide) groups is 1. The zero-order valence-electron chi connectivity index (χ0n) is 14.1. The van der Waals surface area contributed by atoms with E-state index in [2.05, 4.69) is 17.1 Å². The molecule has 1 aromatic heterocycles. The first-order valence-corrected chi connectivity index (χ1v) is 9.46. The highest BCUT2D eigenvalue weighted by Gasteiger charge is 2.12. The number of halogens is 1. The third kappa shape index (κ3) is 4.86. The number of rotatable bonds is 8. The van der Waals surface area contributed by atoms with Gasteiger partial charge in [0, 0.05) is 5.56 Å². The van der Waals surface area contributed by atoms with Gasteiger partial charge in [0.1, 0.15) is 5.75 Å². The van der Waals surface area contributed by atoms with Crippen LogP contribution in [0.1, 0.15) is 28.7 Å². The van der Waals surface area contributed by atoms with Crippen LogP contribution in [0.5, 0.6) is 5.75 Å². The predicted molar refractivity (Wildman–Crippen MR) is 101 cm³/mol. The molecule has 3 rings (SSSR count). The summed E-state index contributed by atoms with van der Waals surface area (Å²) in [6.45, 7) is 2.19. The molecule has 0 amide bonds. The van der Waals surface area contributed by atoms with Crippen molar-refractivity contribution in [3.63, 3.8) is 0 Å². The van der Waals surface area contributed by atoms with E-state index in [0.29, 0.717) is 27.4 Å². The summed E-state index contributed by atoms with van der Waals surface area (Å²) in [6.07, 6.45) is 0.949. The number of Topliss-reactive ketones (excluding diaryl/α,β-unsaturated/α-hetero) is 1. The lowest BCUT2D eigenvalue weighted by molar-refractivity contribution is 0.102. The van der Waals surface area contributed by atoms with Gasteiger partial charge < -0.3 is 9.15 Å². The molecule has 0 atom stereocenters. The molecule has 0 spiro atoms. The highest BCUT2D eigenvalue weighted by atomic mass is 35.5. The first-order chi connectivity index (χ1) is 12.7. The second kappa shape index (κ2) is 8.87. The van der Waals surface area contributed by atoms with Gasteiger partial charge in [0.2, 0.25) is 0 Å². The molecule has 0 radical (unpaired) electrons. The van der Waals surface area contributed by atoms with Crippen molar-refractivity contribution in [2.24, 2.45) is 0 Å². The molecule has 0 saturated carbocycles. The summed E-state index contributed by atoms with van der Waals surface area (Å²) >= 11 is 7.23. The standard InChI is InChI=1S/C19H17ClN2O3S/c1-2-13-7-9-14(10-8-13)16(23)12-26-19-22-21-18(25-19)11-24-17-6-4-3-5-15(17)20/h3-10H,2,11-12H2,1H3. The summed E-state index contributed by atoms with van der Waals surface area (Å²) in [4.78, 5) is 12.2. The molecule has 0 saturated heterocycles. The third-order valence-electron chi connectivity index (χ3n) is 3.65. The van der Waals surface area contributed by atoms with Gasteiger partial charge in [-0.25, -0.2) is 0 Å². The summed E-state index contributed by atoms with van der Waals surface area (Å²) < 4.78 is 11.0. The van der Waals surface area contributed by atoms with Gasteiger partial charge in [0.05, 0.1) is 10.8 Å². The maximum absolute atomic E-state index is 12.2. The molecule has 5 nitrogen and oxygen atoms in total. The van der Waals surface area contributed by atoms with Crippen molar-refractivity contribution in [2.45, 2.75) is 25.2 Å². The fourth-order valence-corrected chi connectivity index (χ4v) is 3.06. The van der Waals surface area contributed by atoms with E-state index in [-0.39, 0.29) is 18.1 Å². The van der Waals surface area contributed by atoms with Gasteiger partial charge in [-0.3, -0.25) is 4.79 Å². The maximum Gasteiger partial charge on any atom is 0.277 e. The van der Waals surface area contributed by atoms with Gasteiger partial charge in [-0.1, -0.05) is 66.7 Å². The van der Waals surface area contributed by atoms with Crippen LogP contribution < -0.4 is 4.74 Å². The van der Waals surface area contributed by atoms with Crippen molar-refractivity contribution in [2.75, 3.05) is 5.75 Å². The SMILES string of the molecule is CCc1ccc(C(=O)CSc2nnc(COc3ccccc3Cl)o2)cc1. The Morgan fingerprint density at radius 1 is 1.15 bits per heavy atom. The third-order valence-corrected chi connectivity index (χ3v) is 4.78. The Morgan fingerprint density at radius 3 is 2.65 bits per heavy atom. The molecule has 26 heavy (non-hydrogen) atoms. The minimum absolute atomic E-state index is 0.0183. The predicted octanol–water partition coefficient (Wildman–Crippen LogP) is 4.84. The van der Waals surface area contributed by atoms with Crippen molar-refractivity contribution in [1.29, 1.82) is 0 Å². The lowest BCUT2D eigenvalue weighted by atomic mass is 10.1. The number of hydrogen-bond donors (Lipinski definition) is 0. The van der Waals surface area contributed by atoms with Crippen LogP contribution in [0.15, 0.2) is 58.2 Å². The number of ketones is 1. The summed E-state index contributed by atoms with van der Waals surface area (Å²) in [7, 11) is 0. The van der Waals surface area contributed by atoms with E-state index in [9.17, 15) is 4.79 Å². The van der Waals surface area contributed by atoms with Crippen LogP contribution >= 0.6 is 23.4 Å². The summed E-state index contributed by atoms with van der Waals surface area (Å²) in [5, 5.41) is 8.69. The zero-order chi connectivity index (χ0) is 18.4. The average molecular weight is 389 g/mol. The van der Waals surface area contributed by atoms with Gasteiger partial charge in [-0.2, -0.15) is 0 Å². The Bertz CT molecular complexity index is 881. The van der Waals surface area contributed by atoms with E-state index in [0.717, 1.165) is 6.42 Å². The van der Waals surface area contributed by atoms with Crippen LogP contribution in [-0.4, -0.2) is 21.7 Å². The van der Waals surface area contributed by atoms with Gasteiger partial charge in [0.25, 0.3) is 11.1 Å². The van der Waals surface area contributed by atoms with E-state index >= 15 is 0 Å². The number of aromatic nitrogens is 2. The van der Waals surface area contributed by atoms with Gasteiger partial charge in [0.15, 0.2) is 12.4 Å². The summed E-state index contributed by atoms with van der Waals surface area (Å²) in [5.74, 6) is 1.13. The Kier molecular flexibility index (Phi) is 6.30. The Balaban J connectivity index is 1.51. The van der Waals surface area contributed by atoms with Crippen LogP contribution in [0.4, 0.5) is 0 Å². The monoisotopic (exact) mass is 388 g/mol. The highest BCUT2D eigenvalue weighted by molar-refractivity contribution is 7.99. The van der Waals surface area contributed by atoms with Crippen LogP contribution in [0.25, 0.3) is 0 Å². The van der Waals surface area contributed by atoms with Crippen molar-refractivity contribution in [3.05, 3.63) is 70.6 Å². The Morgan fingerprint density at radius 2 is 1.92 bits per heavy atom. The molecule has 0 unspecified atom stereocenters. The van der Waals surface area contributed by atoms with Crippen molar-refractivity contribution in [3.8, 4) is 5.75 Å². The summed E-state index contributed by atoms with van der Waals surface area (Å²) in [5.41, 5.74) is 1.88. The molecule has 1 heterocycles. The molecule has 0 fully saturated rings. The topological polar surface area (TPSA) is 65.2 Å². The Hall–Kier alpha value is -2.31. The van der Waals surface area contributed by atoms with Gasteiger partial charge in [-0.05, 0) is 24.1 Å². The molecule has 0 bridgehead atoms. The number of ether oxygens (including phenoxy) is 1. The number of para-hydroxylation sites is 1. The van der Waals surface area contributed by atoms with Crippen LogP contribution in [0.3, 0.4) is 0 Å². The largest absolute Gasteiger partial charge is 0.482 e. The smallest absolute Gasteiger partial charge is 0.277 e. The molecule has 3 aromatic rings. The fraction of sp³-hybridized carbons (Fsp3) is 0.211. The first kappa shape index (κ1) is 18.5. The molecule has 134 valence electrons. The van der Waals surface area contributed by atoms with Crippen molar-refractivity contribution < 1.29 is 13.9 Å². The van der Waals surface area contributed by atoms with Crippen molar-refractivity contribution in [1.82, 2.24) is 10.2 Å². The van der Waals surface area contributed by atoms with E-state index in [4.69, 9.17) is 20.8 Å². The quantitative estimate of drug-likeness (QED) is 0.406. The fourth-order valence-electron chi connectivity index (χ4n) is 2.19. The van der Waals surface area contributed by atoms with E-state index in [1.165, 1.54) is 17.3 Å². The first-order valence-electron chi connectivity index (χ1n) is 8.10. The van der Waals surface area contributed by atoms with Gasteiger partial charge >= 0.3 is 0 Å². The highest BCUT2D eigenvalue weighted by Crippen LogP contribution is 2.24. The van der Waals surface area contributed by atoms with E-state index < -0.39 is 0 Å². The average Bonchev–Trinajstić information content (AvgIpc) is 3.13. The van der Waals surface area contributed by atoms with E-state index in [1.54, 1.807) is 12.1 Å². The minimum atomic E-state index is 0.0183. The summed E-state index contributed by atoms with van der Waals surface area (Å²) in [6, 6.07) is 14.8. The molecule has 0 aliphatic carbocycles. The lowest BCUT2D eigenvalue weighted by Gasteiger charge is -2.04. The molecular formula is C19H17ClN2O3S. The number of carbonyl (C=O) groups excluding carboxylic acids is 1. The number of hydrogen-bond acceptors (Lipinski definition) is 6. The molecule has 0 N–H and O–H groups in total. The second-order valence-corrected chi connectivity index (χ2v) is 6.78. The molecule has 2 aromatic carbocycles. The molecular weight excluding hydrogens is 372 g/mol. The number of carbonyl (C=O) groups is 1. The van der Waals surface area contributed by atoms with Gasteiger partial charge in [-0.15, -0.1) is 10.2 Å². The van der Waals surface area contributed by atoms with E-state index in [1.807, 2.05) is 36.4 Å². The normalized spacial score (nSPS) is 10.7. The molecule has 0 aliphatic heterocycles. The minimum Gasteiger partial charge on any atom is -0.482 e. The Labute approximate surface area is 160 Å². The van der Waals surface area contributed by atoms with Crippen LogP contribution in [0.2, 0.25) is 5.02 Å². The zero-order valence-corrected chi connectivity index (χ0v) is 15.7. The number of benzene rings is 2. The van der Waals surface area contributed by atoms with Crippen molar-refractivity contribution >= 4 is 29.1 Å². The number of nitrogens with zero attached hydrogens (tertiary/aromatic N) is 2.